The quantitative estimate of drug-likeness (QED) is 0.0947. The highest BCUT2D eigenvalue weighted by molar-refractivity contribution is 7.92. The third-order valence-corrected chi connectivity index (χ3v) is 15.9. The number of fused-ring (bicyclic) bond motifs is 2. The number of carbonyl (C=O) groups is 2. The van der Waals surface area contributed by atoms with Gasteiger partial charge in [0.05, 0.1) is 18.0 Å². The van der Waals surface area contributed by atoms with E-state index < -0.39 is 37.8 Å². The highest BCUT2D eigenvalue weighted by Crippen LogP contribution is 2.35. The number of H-pyrrole nitrogens is 2. The molecule has 2 aliphatic rings. The zero-order valence-corrected chi connectivity index (χ0v) is 46.3. The summed E-state index contributed by atoms with van der Waals surface area (Å²) in [5.41, 5.74) is 9.15. The van der Waals surface area contributed by atoms with E-state index in [0.29, 0.717) is 23.2 Å². The highest BCUT2D eigenvalue weighted by Gasteiger charge is 2.34. The Hall–Kier alpha value is -5.58. The van der Waals surface area contributed by atoms with Gasteiger partial charge in [-0.05, 0) is 139 Å². The number of carbonyl (C=O) groups excluding carboxylic acids is 2. The average molecular weight is 1090 g/mol. The van der Waals surface area contributed by atoms with Crippen molar-refractivity contribution in [1.29, 1.82) is 0 Å². The summed E-state index contributed by atoms with van der Waals surface area (Å²) in [5, 5.41) is 17.8. The molecule has 3 N–H and O–H groups in total. The summed E-state index contributed by atoms with van der Waals surface area (Å²) < 4.78 is 57.8. The number of nitrogens with zero attached hydrogens (tertiary/aromatic N) is 3. The molecule has 0 saturated heterocycles. The standard InChI is InChI=1S/C26H30ClN3O2S.C17H19ClN2O.C14H21NO4S/c1-19(21-10-4-2-5-11-21)30-33(31,32)16-15-25-24-14-7-3-6-12-22(26(24)29-28-25)17-20-9-8-13-23(27)18-20;18-14-7-4-5-12(10-14)9-13-6-2-1-3-8-15-16(11-21)19-20-17(13)15;1-11(12-9-7-6-8-10-12)15(20(5,17)18)13(16)19-14(2,3)4/h2,4-5,8-11,13,15-16,18-19,22,30H,3,6-7,12,14,17H2,1H3,(H,28,29);4-5,7,10-11,13H,1-3,6,8-9H2,(H,19,20);6-11H,1-5H3/b16-15+;;/t19-,22?;;11-/m0.0/s1. The molecular weight excluding hydrogens is 1020 g/mol. The molecule has 6 aromatic rings. The minimum Gasteiger partial charge on any atom is -0.443 e. The first-order chi connectivity index (χ1) is 35.2. The van der Waals surface area contributed by atoms with E-state index in [4.69, 9.17) is 27.9 Å². The lowest BCUT2D eigenvalue weighted by Crippen LogP contribution is -2.41. The molecule has 17 heteroatoms. The fraction of sp³-hybridized carbons (Fsp3) is 0.404. The molecule has 0 spiro atoms. The number of amides is 1. The number of hydrogen-bond donors (Lipinski definition) is 3. The number of ether oxygens (including phenoxy) is 1. The molecule has 2 aliphatic carbocycles. The second-order valence-corrected chi connectivity index (χ2v) is 24.4. The Morgan fingerprint density at radius 2 is 1.20 bits per heavy atom. The molecule has 396 valence electrons. The van der Waals surface area contributed by atoms with Crippen LogP contribution in [0.4, 0.5) is 4.79 Å². The van der Waals surface area contributed by atoms with Gasteiger partial charge in [-0.15, -0.1) is 0 Å². The first-order valence-electron chi connectivity index (χ1n) is 25.3. The molecule has 8 rings (SSSR count). The summed E-state index contributed by atoms with van der Waals surface area (Å²) in [4.78, 5) is 23.3. The van der Waals surface area contributed by atoms with Crippen LogP contribution in [0.25, 0.3) is 6.08 Å². The van der Waals surface area contributed by atoms with Crippen LogP contribution in [-0.2, 0) is 50.5 Å². The van der Waals surface area contributed by atoms with Crippen molar-refractivity contribution >= 4 is 61.7 Å². The van der Waals surface area contributed by atoms with Gasteiger partial charge < -0.3 is 4.74 Å². The summed E-state index contributed by atoms with van der Waals surface area (Å²) in [6.45, 7) is 8.57. The van der Waals surface area contributed by atoms with Crippen molar-refractivity contribution in [2.75, 3.05) is 6.26 Å². The summed E-state index contributed by atoms with van der Waals surface area (Å²) in [7, 11) is -7.34. The predicted octanol–water partition coefficient (Wildman–Crippen LogP) is 13.4. The summed E-state index contributed by atoms with van der Waals surface area (Å²) in [5.74, 6) is 0.696. The van der Waals surface area contributed by atoms with Gasteiger partial charge in [-0.2, -0.15) is 14.5 Å². The van der Waals surface area contributed by atoms with Gasteiger partial charge in [0, 0.05) is 55.8 Å². The third-order valence-electron chi connectivity index (χ3n) is 13.1. The molecule has 4 aromatic carbocycles. The van der Waals surface area contributed by atoms with Crippen molar-refractivity contribution < 1.29 is 31.2 Å². The fourth-order valence-corrected chi connectivity index (χ4v) is 12.0. The minimum atomic E-state index is -3.73. The van der Waals surface area contributed by atoms with E-state index in [0.717, 1.165) is 118 Å². The van der Waals surface area contributed by atoms with Crippen LogP contribution in [0.2, 0.25) is 10.0 Å². The molecule has 0 saturated carbocycles. The second kappa shape index (κ2) is 26.8. The van der Waals surface area contributed by atoms with Gasteiger partial charge in [-0.3, -0.25) is 15.0 Å². The van der Waals surface area contributed by atoms with E-state index in [2.05, 4.69) is 37.2 Å². The third kappa shape index (κ3) is 17.2. The topological polar surface area (TPSA) is 184 Å². The molecular formula is C57H70Cl2N6O7S2. The van der Waals surface area contributed by atoms with Gasteiger partial charge in [0.1, 0.15) is 11.3 Å². The van der Waals surface area contributed by atoms with Crippen LogP contribution < -0.4 is 4.72 Å². The lowest BCUT2D eigenvalue weighted by Gasteiger charge is -2.30. The summed E-state index contributed by atoms with van der Waals surface area (Å²) in [6.07, 6.45) is 15.5. The van der Waals surface area contributed by atoms with Gasteiger partial charge in [0.2, 0.25) is 20.0 Å². The molecule has 0 aliphatic heterocycles. The number of hydrogen-bond acceptors (Lipinski definition) is 9. The lowest BCUT2D eigenvalue weighted by atomic mass is 9.85. The molecule has 0 bridgehead atoms. The van der Waals surface area contributed by atoms with Gasteiger partial charge in [-0.25, -0.2) is 26.4 Å². The van der Waals surface area contributed by atoms with Crippen molar-refractivity contribution in [3.8, 4) is 0 Å². The summed E-state index contributed by atoms with van der Waals surface area (Å²) >= 11 is 12.3. The maximum atomic E-state index is 12.7. The second-order valence-electron chi connectivity index (χ2n) is 20.1. The minimum absolute atomic E-state index is 0.307. The van der Waals surface area contributed by atoms with Crippen LogP contribution >= 0.6 is 23.2 Å². The smallest absolute Gasteiger partial charge is 0.424 e. The number of aromatic amines is 2. The molecule has 2 unspecified atom stereocenters. The Kier molecular flexibility index (Phi) is 20.9. The van der Waals surface area contributed by atoms with Crippen LogP contribution in [0.3, 0.4) is 0 Å². The first-order valence-corrected chi connectivity index (χ1v) is 29.5. The van der Waals surface area contributed by atoms with E-state index in [1.54, 1.807) is 58.0 Å². The molecule has 13 nitrogen and oxygen atoms in total. The first kappa shape index (κ1) is 57.7. The zero-order valence-electron chi connectivity index (χ0n) is 43.2. The van der Waals surface area contributed by atoms with Gasteiger partial charge in [0.15, 0.2) is 6.29 Å². The van der Waals surface area contributed by atoms with Crippen LogP contribution in [0.15, 0.2) is 115 Å². The molecule has 2 aromatic heterocycles. The van der Waals surface area contributed by atoms with Crippen molar-refractivity contribution in [3.05, 3.63) is 181 Å². The maximum absolute atomic E-state index is 12.7. The normalized spacial score (nSPS) is 17.0. The number of rotatable bonds is 13. The van der Waals surface area contributed by atoms with Crippen LogP contribution in [0.5, 0.6) is 0 Å². The Labute approximate surface area is 448 Å². The average Bonchev–Trinajstić information content (AvgIpc) is 3.93. The number of sulfonamides is 2. The van der Waals surface area contributed by atoms with Crippen LogP contribution in [-0.4, -0.2) is 65.8 Å². The molecule has 2 heterocycles. The molecule has 74 heavy (non-hydrogen) atoms. The number of aromatic nitrogens is 4. The Balaban J connectivity index is 0.000000190. The molecule has 4 atom stereocenters. The predicted molar refractivity (Wildman–Crippen MR) is 296 cm³/mol. The molecule has 0 radical (unpaired) electrons. The van der Waals surface area contributed by atoms with Gasteiger partial charge >= 0.3 is 6.09 Å². The Bertz CT molecular complexity index is 3030. The largest absolute Gasteiger partial charge is 0.443 e. The van der Waals surface area contributed by atoms with Crippen LogP contribution in [0, 0.1) is 0 Å². The van der Waals surface area contributed by atoms with Crippen molar-refractivity contribution in [1.82, 2.24) is 29.4 Å². The zero-order chi connectivity index (χ0) is 53.5. The Morgan fingerprint density at radius 1 is 0.716 bits per heavy atom. The van der Waals surface area contributed by atoms with Crippen molar-refractivity contribution in [2.45, 2.75) is 141 Å². The molecule has 1 amide bonds. The van der Waals surface area contributed by atoms with E-state index in [-0.39, 0.29) is 6.04 Å². The number of nitrogens with one attached hydrogen (secondary N) is 3. The Morgan fingerprint density at radius 3 is 1.68 bits per heavy atom. The number of benzene rings is 4. The van der Waals surface area contributed by atoms with E-state index in [1.807, 2.05) is 79.7 Å². The highest BCUT2D eigenvalue weighted by atomic mass is 35.5. The van der Waals surface area contributed by atoms with Gasteiger partial charge in [0.25, 0.3) is 0 Å². The summed E-state index contributed by atoms with van der Waals surface area (Å²) in [6, 6.07) is 33.6. The van der Waals surface area contributed by atoms with E-state index in [1.165, 1.54) is 35.8 Å². The van der Waals surface area contributed by atoms with Crippen molar-refractivity contribution in [2.24, 2.45) is 0 Å². The maximum Gasteiger partial charge on any atom is 0.424 e. The number of aldehydes is 1. The fourth-order valence-electron chi connectivity index (χ4n) is 9.56. The van der Waals surface area contributed by atoms with Gasteiger partial charge in [-0.1, -0.05) is 134 Å². The monoisotopic (exact) mass is 1080 g/mol. The lowest BCUT2D eigenvalue weighted by molar-refractivity contribution is 0.0347. The van der Waals surface area contributed by atoms with Crippen LogP contribution in [0.1, 0.15) is 171 Å². The van der Waals surface area contributed by atoms with Crippen molar-refractivity contribution in [3.63, 3.8) is 0 Å². The van der Waals surface area contributed by atoms with E-state index in [9.17, 15) is 26.4 Å². The SMILES string of the molecule is C[C@@H](c1ccccc1)N(C(=O)OC(C)(C)C)S(C)(=O)=O.C[C@H](NS(=O)(=O)/C=C/c1n[nH]c2c1CCCCCC2Cc1cccc(Cl)c1)c1ccccc1.O=Cc1n[nH]c2c1CCCCCC2Cc1cccc(Cl)c1. The molecule has 0 fully saturated rings. The number of halogens is 2. The van der Waals surface area contributed by atoms with E-state index >= 15 is 0 Å².